The van der Waals surface area contributed by atoms with Gasteiger partial charge in [0.1, 0.15) is 6.04 Å². The van der Waals surface area contributed by atoms with E-state index in [9.17, 15) is 14.4 Å². The van der Waals surface area contributed by atoms with Gasteiger partial charge in [-0.25, -0.2) is 4.79 Å². The molecule has 0 aliphatic carbocycles. The van der Waals surface area contributed by atoms with E-state index in [0.29, 0.717) is 35.5 Å². The molecule has 1 aliphatic heterocycles. The number of likely N-dealkylation sites (tertiary alicyclic amines) is 1. The van der Waals surface area contributed by atoms with Gasteiger partial charge < -0.3 is 20.7 Å². The van der Waals surface area contributed by atoms with Crippen LogP contribution in [0.1, 0.15) is 40.0 Å². The van der Waals surface area contributed by atoms with Crippen molar-refractivity contribution in [3.05, 3.63) is 59.7 Å². The summed E-state index contributed by atoms with van der Waals surface area (Å²) in [7, 11) is 1.33. The summed E-state index contributed by atoms with van der Waals surface area (Å²) in [4.78, 5) is 39.0. The highest BCUT2D eigenvalue weighted by Gasteiger charge is 2.33. The standard InChI is InChI=1S/C21H23N3O4.ClH/c1-28-21(27)18-10-2-3-11-24(18)20(26)15-7-5-9-17(13-15)23-19(25)14-6-4-8-16(22)12-14;/h4-9,12-13,18H,2-3,10-11,22H2,1H3,(H,23,25);1H. The zero-order chi connectivity index (χ0) is 20.1. The Morgan fingerprint density at radius 2 is 1.79 bits per heavy atom. The molecule has 2 amide bonds. The van der Waals surface area contributed by atoms with Crippen molar-refractivity contribution in [2.75, 3.05) is 24.7 Å². The predicted molar refractivity (Wildman–Crippen MR) is 113 cm³/mol. The molecule has 0 radical (unpaired) electrons. The lowest BCUT2D eigenvalue weighted by Gasteiger charge is -2.33. The first-order valence-corrected chi connectivity index (χ1v) is 9.15. The Balaban J connectivity index is 0.00000300. The van der Waals surface area contributed by atoms with E-state index in [2.05, 4.69) is 5.32 Å². The number of nitrogen functional groups attached to an aromatic ring is 1. The third-order valence-corrected chi connectivity index (χ3v) is 4.75. The maximum absolute atomic E-state index is 13.0. The van der Waals surface area contributed by atoms with Crippen molar-refractivity contribution in [1.29, 1.82) is 0 Å². The number of nitrogens with two attached hydrogens (primary N) is 1. The number of amides is 2. The SMILES string of the molecule is COC(=O)C1CCCCN1C(=O)c1cccc(NC(=O)c2cccc(N)c2)c1.Cl. The number of anilines is 2. The molecule has 1 saturated heterocycles. The van der Waals surface area contributed by atoms with E-state index < -0.39 is 12.0 Å². The van der Waals surface area contributed by atoms with Gasteiger partial charge in [-0.05, 0) is 55.7 Å². The monoisotopic (exact) mass is 417 g/mol. The number of hydrogen-bond acceptors (Lipinski definition) is 5. The van der Waals surface area contributed by atoms with Crippen LogP contribution in [0.25, 0.3) is 0 Å². The van der Waals surface area contributed by atoms with Gasteiger partial charge in [-0.1, -0.05) is 12.1 Å². The van der Waals surface area contributed by atoms with Crippen LogP contribution in [0.3, 0.4) is 0 Å². The van der Waals surface area contributed by atoms with E-state index in [1.54, 1.807) is 53.4 Å². The highest BCUT2D eigenvalue weighted by molar-refractivity contribution is 6.05. The van der Waals surface area contributed by atoms with Gasteiger partial charge >= 0.3 is 5.97 Å². The number of carbonyl (C=O) groups excluding carboxylic acids is 3. The molecule has 0 spiro atoms. The highest BCUT2D eigenvalue weighted by atomic mass is 35.5. The minimum atomic E-state index is -0.572. The van der Waals surface area contributed by atoms with Crippen LogP contribution < -0.4 is 11.1 Å². The molecular weight excluding hydrogens is 394 g/mol. The fourth-order valence-corrected chi connectivity index (χ4v) is 3.33. The number of carbonyl (C=O) groups is 3. The minimum absolute atomic E-state index is 0. The van der Waals surface area contributed by atoms with Crippen LogP contribution >= 0.6 is 12.4 Å². The third-order valence-electron chi connectivity index (χ3n) is 4.75. The Morgan fingerprint density at radius 1 is 1.07 bits per heavy atom. The molecule has 1 fully saturated rings. The molecule has 0 bridgehead atoms. The van der Waals surface area contributed by atoms with Gasteiger partial charge in [0.15, 0.2) is 0 Å². The molecular formula is C21H24ClN3O4. The van der Waals surface area contributed by atoms with Crippen molar-refractivity contribution in [3.63, 3.8) is 0 Å². The molecule has 1 atom stereocenters. The molecule has 8 heteroatoms. The number of methoxy groups -OCH3 is 1. The molecule has 7 nitrogen and oxygen atoms in total. The Labute approximate surface area is 175 Å². The Hall–Kier alpha value is -3.06. The number of piperidine rings is 1. The molecule has 1 heterocycles. The van der Waals surface area contributed by atoms with Gasteiger partial charge in [0.2, 0.25) is 0 Å². The van der Waals surface area contributed by atoms with Crippen molar-refractivity contribution in [3.8, 4) is 0 Å². The molecule has 154 valence electrons. The highest BCUT2D eigenvalue weighted by Crippen LogP contribution is 2.22. The van der Waals surface area contributed by atoms with E-state index in [-0.39, 0.29) is 24.2 Å². The lowest BCUT2D eigenvalue weighted by Crippen LogP contribution is -2.48. The topological polar surface area (TPSA) is 102 Å². The predicted octanol–water partition coefficient (Wildman–Crippen LogP) is 3.11. The van der Waals surface area contributed by atoms with Crippen molar-refractivity contribution in [2.45, 2.75) is 25.3 Å². The zero-order valence-electron chi connectivity index (χ0n) is 16.1. The number of nitrogens with zero attached hydrogens (tertiary/aromatic N) is 1. The number of halogens is 1. The maximum atomic E-state index is 13.0. The number of nitrogens with one attached hydrogen (secondary N) is 1. The summed E-state index contributed by atoms with van der Waals surface area (Å²) in [6.07, 6.45) is 2.30. The van der Waals surface area contributed by atoms with Crippen LogP contribution in [-0.2, 0) is 9.53 Å². The number of ether oxygens (including phenoxy) is 1. The van der Waals surface area contributed by atoms with Gasteiger partial charge in [-0.3, -0.25) is 9.59 Å². The van der Waals surface area contributed by atoms with Crippen molar-refractivity contribution < 1.29 is 19.1 Å². The van der Waals surface area contributed by atoms with Crippen molar-refractivity contribution in [1.82, 2.24) is 4.90 Å². The summed E-state index contributed by atoms with van der Waals surface area (Å²) >= 11 is 0. The maximum Gasteiger partial charge on any atom is 0.328 e. The van der Waals surface area contributed by atoms with Crippen LogP contribution in [0, 0.1) is 0 Å². The molecule has 0 saturated carbocycles. The summed E-state index contributed by atoms with van der Waals surface area (Å²) in [6, 6.07) is 12.7. The van der Waals surface area contributed by atoms with Gasteiger partial charge in [-0.15, -0.1) is 12.4 Å². The summed E-state index contributed by atoms with van der Waals surface area (Å²) < 4.78 is 4.84. The van der Waals surface area contributed by atoms with Crippen LogP contribution in [-0.4, -0.2) is 42.4 Å². The van der Waals surface area contributed by atoms with E-state index >= 15 is 0 Å². The molecule has 3 rings (SSSR count). The van der Waals surface area contributed by atoms with Crippen LogP contribution in [0.5, 0.6) is 0 Å². The fraction of sp³-hybridized carbons (Fsp3) is 0.286. The fourth-order valence-electron chi connectivity index (χ4n) is 3.33. The third kappa shape index (κ3) is 5.26. The number of rotatable bonds is 4. The number of benzene rings is 2. The number of esters is 1. The smallest absolute Gasteiger partial charge is 0.328 e. The van der Waals surface area contributed by atoms with E-state index in [4.69, 9.17) is 10.5 Å². The van der Waals surface area contributed by atoms with Crippen LogP contribution in [0.2, 0.25) is 0 Å². The summed E-state index contributed by atoms with van der Waals surface area (Å²) in [6.45, 7) is 0.498. The van der Waals surface area contributed by atoms with Gasteiger partial charge in [0.25, 0.3) is 11.8 Å². The second kappa shape index (κ2) is 9.93. The lowest BCUT2D eigenvalue weighted by molar-refractivity contribution is -0.147. The number of hydrogen-bond donors (Lipinski definition) is 2. The normalized spacial score (nSPS) is 15.8. The zero-order valence-corrected chi connectivity index (χ0v) is 16.9. The molecule has 29 heavy (non-hydrogen) atoms. The molecule has 2 aromatic rings. The largest absolute Gasteiger partial charge is 0.467 e. The summed E-state index contributed by atoms with van der Waals surface area (Å²) in [5.41, 5.74) is 7.54. The lowest BCUT2D eigenvalue weighted by atomic mass is 10.0. The first-order chi connectivity index (χ1) is 13.5. The van der Waals surface area contributed by atoms with Gasteiger partial charge in [0, 0.05) is 29.0 Å². The quantitative estimate of drug-likeness (QED) is 0.587. The molecule has 3 N–H and O–H groups in total. The second-order valence-electron chi connectivity index (χ2n) is 6.69. The summed E-state index contributed by atoms with van der Waals surface area (Å²) in [5, 5.41) is 2.77. The average Bonchev–Trinajstić information content (AvgIpc) is 2.72. The van der Waals surface area contributed by atoms with Crippen LogP contribution in [0.4, 0.5) is 11.4 Å². The molecule has 0 aromatic heterocycles. The van der Waals surface area contributed by atoms with Crippen LogP contribution in [0.15, 0.2) is 48.5 Å². The Kier molecular flexibility index (Phi) is 7.61. The van der Waals surface area contributed by atoms with E-state index in [1.807, 2.05) is 0 Å². The van der Waals surface area contributed by atoms with Gasteiger partial charge in [-0.2, -0.15) is 0 Å². The molecule has 2 aromatic carbocycles. The Morgan fingerprint density at radius 3 is 2.52 bits per heavy atom. The van der Waals surface area contributed by atoms with E-state index in [1.165, 1.54) is 7.11 Å². The molecule has 1 aliphatic rings. The van der Waals surface area contributed by atoms with Crippen molar-refractivity contribution in [2.24, 2.45) is 0 Å². The Bertz CT molecular complexity index is 903. The first-order valence-electron chi connectivity index (χ1n) is 9.15. The first kappa shape index (κ1) is 22.2. The minimum Gasteiger partial charge on any atom is -0.467 e. The molecule has 1 unspecified atom stereocenters. The average molecular weight is 418 g/mol. The van der Waals surface area contributed by atoms with Crippen molar-refractivity contribution >= 4 is 41.6 Å². The second-order valence-corrected chi connectivity index (χ2v) is 6.69. The summed E-state index contributed by atoms with van der Waals surface area (Å²) in [5.74, 6) is -0.975. The van der Waals surface area contributed by atoms with E-state index in [0.717, 1.165) is 12.8 Å². The van der Waals surface area contributed by atoms with Gasteiger partial charge in [0.05, 0.1) is 7.11 Å².